The third-order valence-electron chi connectivity index (χ3n) is 3.74. The zero-order valence-electron chi connectivity index (χ0n) is 12.1. The van der Waals surface area contributed by atoms with Crippen LogP contribution in [0.3, 0.4) is 0 Å². The fraction of sp³-hybridized carbons (Fsp3) is 0.222. The van der Waals surface area contributed by atoms with Gasteiger partial charge >= 0.3 is 0 Å². The van der Waals surface area contributed by atoms with E-state index in [4.69, 9.17) is 0 Å². The molecule has 3 heteroatoms. The highest BCUT2D eigenvalue weighted by molar-refractivity contribution is 9.10. The Bertz CT molecular complexity index is 717. The molecular formula is C18H18BrNS. The Morgan fingerprint density at radius 3 is 2.43 bits per heavy atom. The van der Waals surface area contributed by atoms with Crippen molar-refractivity contribution >= 4 is 37.4 Å². The lowest BCUT2D eigenvalue weighted by Crippen LogP contribution is -2.22. The van der Waals surface area contributed by atoms with Gasteiger partial charge in [0.25, 0.3) is 0 Å². The highest BCUT2D eigenvalue weighted by Gasteiger charge is 2.14. The van der Waals surface area contributed by atoms with Crippen LogP contribution in [0.2, 0.25) is 0 Å². The van der Waals surface area contributed by atoms with Gasteiger partial charge in [0.1, 0.15) is 0 Å². The van der Waals surface area contributed by atoms with Crippen molar-refractivity contribution in [3.05, 3.63) is 69.5 Å². The number of nitrogens with one attached hydrogen (secondary N) is 1. The smallest absolute Gasteiger partial charge is 0.0391 e. The Balaban J connectivity index is 1.79. The molecule has 2 atom stereocenters. The zero-order chi connectivity index (χ0) is 14.8. The lowest BCUT2D eigenvalue weighted by atomic mass is 10.1. The minimum absolute atomic E-state index is 0.306. The predicted octanol–water partition coefficient (Wildman–Crippen LogP) is 6.08. The minimum Gasteiger partial charge on any atom is -0.303 e. The van der Waals surface area contributed by atoms with Gasteiger partial charge in [-0.05, 0) is 43.0 Å². The second kappa shape index (κ2) is 6.30. The summed E-state index contributed by atoms with van der Waals surface area (Å²) in [7, 11) is 0. The molecule has 108 valence electrons. The Labute approximate surface area is 138 Å². The SMILES string of the molecule is CC(N[C@H](C)c1ccccc1Br)c1cc2ccccc2s1. The summed E-state index contributed by atoms with van der Waals surface area (Å²) < 4.78 is 2.52. The van der Waals surface area contributed by atoms with Crippen LogP contribution in [0.1, 0.15) is 36.4 Å². The minimum atomic E-state index is 0.306. The van der Waals surface area contributed by atoms with E-state index in [9.17, 15) is 0 Å². The third kappa shape index (κ3) is 3.20. The maximum atomic E-state index is 3.69. The first-order chi connectivity index (χ1) is 10.1. The maximum Gasteiger partial charge on any atom is 0.0391 e. The summed E-state index contributed by atoms with van der Waals surface area (Å²) in [6.07, 6.45) is 0. The molecule has 3 rings (SSSR count). The first kappa shape index (κ1) is 14.8. The van der Waals surface area contributed by atoms with Crippen LogP contribution in [-0.4, -0.2) is 0 Å². The number of fused-ring (bicyclic) bond motifs is 1. The van der Waals surface area contributed by atoms with E-state index in [-0.39, 0.29) is 0 Å². The summed E-state index contributed by atoms with van der Waals surface area (Å²) in [5.41, 5.74) is 1.30. The van der Waals surface area contributed by atoms with Gasteiger partial charge in [0, 0.05) is 26.1 Å². The Morgan fingerprint density at radius 2 is 1.67 bits per heavy atom. The molecule has 0 radical (unpaired) electrons. The summed E-state index contributed by atoms with van der Waals surface area (Å²) in [5, 5.41) is 5.03. The monoisotopic (exact) mass is 359 g/mol. The largest absolute Gasteiger partial charge is 0.303 e. The number of benzene rings is 2. The van der Waals surface area contributed by atoms with Crippen molar-refractivity contribution in [3.8, 4) is 0 Å². The van der Waals surface area contributed by atoms with E-state index < -0.39 is 0 Å². The molecular weight excluding hydrogens is 342 g/mol. The van der Waals surface area contributed by atoms with Crippen LogP contribution < -0.4 is 5.32 Å². The van der Waals surface area contributed by atoms with Gasteiger partial charge in [0.15, 0.2) is 0 Å². The van der Waals surface area contributed by atoms with Gasteiger partial charge in [-0.15, -0.1) is 11.3 Å². The summed E-state index contributed by atoms with van der Waals surface area (Å²) in [4.78, 5) is 1.38. The molecule has 1 aromatic heterocycles. The van der Waals surface area contributed by atoms with E-state index >= 15 is 0 Å². The van der Waals surface area contributed by atoms with Crippen LogP contribution in [0.5, 0.6) is 0 Å². The van der Waals surface area contributed by atoms with Crippen molar-refractivity contribution < 1.29 is 0 Å². The van der Waals surface area contributed by atoms with Crippen LogP contribution in [0.4, 0.5) is 0 Å². The highest BCUT2D eigenvalue weighted by atomic mass is 79.9. The van der Waals surface area contributed by atoms with E-state index in [1.54, 1.807) is 0 Å². The molecule has 1 heterocycles. The molecule has 0 bridgehead atoms. The van der Waals surface area contributed by atoms with Gasteiger partial charge in [-0.1, -0.05) is 52.3 Å². The zero-order valence-corrected chi connectivity index (χ0v) is 14.5. The third-order valence-corrected chi connectivity index (χ3v) is 5.76. The molecule has 0 fully saturated rings. The molecule has 1 nitrogen and oxygen atoms in total. The molecule has 0 saturated heterocycles. The maximum absolute atomic E-state index is 3.69. The summed E-state index contributed by atoms with van der Waals surface area (Å²) >= 11 is 5.51. The average Bonchev–Trinajstić information content (AvgIpc) is 2.91. The molecule has 0 saturated carbocycles. The normalized spacial score (nSPS) is 14.2. The van der Waals surface area contributed by atoms with Crippen LogP contribution in [0, 0.1) is 0 Å². The molecule has 21 heavy (non-hydrogen) atoms. The Hall–Kier alpha value is -1.16. The number of hydrogen-bond donors (Lipinski definition) is 1. The molecule has 1 unspecified atom stereocenters. The van der Waals surface area contributed by atoms with E-state index in [0.717, 1.165) is 4.47 Å². The van der Waals surface area contributed by atoms with Gasteiger partial charge < -0.3 is 5.32 Å². The fourth-order valence-corrected chi connectivity index (χ4v) is 4.29. The molecule has 0 aliphatic heterocycles. The lowest BCUT2D eigenvalue weighted by molar-refractivity contribution is 0.499. The van der Waals surface area contributed by atoms with Crippen LogP contribution in [0.25, 0.3) is 10.1 Å². The van der Waals surface area contributed by atoms with Gasteiger partial charge in [0.05, 0.1) is 0 Å². The first-order valence-corrected chi connectivity index (χ1v) is 8.75. The van der Waals surface area contributed by atoms with Crippen molar-refractivity contribution in [2.24, 2.45) is 0 Å². The number of thiophene rings is 1. The van der Waals surface area contributed by atoms with Crippen molar-refractivity contribution in [1.29, 1.82) is 0 Å². The molecule has 2 aromatic carbocycles. The summed E-state index contributed by atoms with van der Waals surface area (Å²) in [5.74, 6) is 0. The molecule has 0 amide bonds. The summed E-state index contributed by atoms with van der Waals surface area (Å²) in [6, 6.07) is 19.9. The second-order valence-corrected chi connectivity index (χ2v) is 7.29. The first-order valence-electron chi connectivity index (χ1n) is 7.14. The quantitative estimate of drug-likeness (QED) is 0.595. The molecule has 1 N–H and O–H groups in total. The van der Waals surface area contributed by atoms with Crippen molar-refractivity contribution in [3.63, 3.8) is 0 Å². The van der Waals surface area contributed by atoms with Gasteiger partial charge in [-0.3, -0.25) is 0 Å². The van der Waals surface area contributed by atoms with Crippen LogP contribution in [-0.2, 0) is 0 Å². The number of halogens is 1. The van der Waals surface area contributed by atoms with Gasteiger partial charge in [-0.25, -0.2) is 0 Å². The van der Waals surface area contributed by atoms with E-state index in [2.05, 4.69) is 89.7 Å². The Kier molecular flexibility index (Phi) is 4.43. The second-order valence-electron chi connectivity index (χ2n) is 5.32. The van der Waals surface area contributed by atoms with E-state index in [0.29, 0.717) is 12.1 Å². The standard InChI is InChI=1S/C18H18BrNS/c1-12(15-8-4-5-9-16(15)19)20-13(2)18-11-14-7-3-6-10-17(14)21-18/h3-13,20H,1-2H3/t12-,13?/m1/s1. The highest BCUT2D eigenvalue weighted by Crippen LogP contribution is 2.31. The molecule has 0 aliphatic carbocycles. The molecule has 0 aliphatic rings. The lowest BCUT2D eigenvalue weighted by Gasteiger charge is -2.20. The fourth-order valence-electron chi connectivity index (χ4n) is 2.59. The predicted molar refractivity (Wildman–Crippen MR) is 95.9 cm³/mol. The van der Waals surface area contributed by atoms with E-state index in [1.807, 2.05) is 11.3 Å². The molecule has 3 aromatic rings. The number of rotatable bonds is 4. The summed E-state index contributed by atoms with van der Waals surface area (Å²) in [6.45, 7) is 4.45. The van der Waals surface area contributed by atoms with Gasteiger partial charge in [0.2, 0.25) is 0 Å². The van der Waals surface area contributed by atoms with Crippen molar-refractivity contribution in [1.82, 2.24) is 5.32 Å². The Morgan fingerprint density at radius 1 is 0.952 bits per heavy atom. The van der Waals surface area contributed by atoms with E-state index in [1.165, 1.54) is 20.5 Å². The topological polar surface area (TPSA) is 12.0 Å². The average molecular weight is 360 g/mol. The van der Waals surface area contributed by atoms with Gasteiger partial charge in [-0.2, -0.15) is 0 Å². The number of hydrogen-bond acceptors (Lipinski definition) is 2. The van der Waals surface area contributed by atoms with Crippen LogP contribution in [0.15, 0.2) is 59.1 Å². The van der Waals surface area contributed by atoms with Crippen molar-refractivity contribution in [2.75, 3.05) is 0 Å². The van der Waals surface area contributed by atoms with Crippen molar-refractivity contribution in [2.45, 2.75) is 25.9 Å². The molecule has 0 spiro atoms. The van der Waals surface area contributed by atoms with Crippen LogP contribution >= 0.6 is 27.3 Å².